The lowest BCUT2D eigenvalue weighted by Gasteiger charge is -2.23. The minimum absolute atomic E-state index is 0.102. The molecule has 1 aliphatic rings. The Bertz CT molecular complexity index is 270. The topological polar surface area (TPSA) is 57.6 Å². The van der Waals surface area contributed by atoms with Gasteiger partial charge in [0.2, 0.25) is 5.91 Å². The minimum Gasteiger partial charge on any atom is -0.481 e. The van der Waals surface area contributed by atoms with Crippen molar-refractivity contribution < 1.29 is 14.7 Å². The summed E-state index contributed by atoms with van der Waals surface area (Å²) in [6.07, 6.45) is 4.02. The van der Waals surface area contributed by atoms with Gasteiger partial charge in [0.05, 0.1) is 5.92 Å². The Labute approximate surface area is 100 Å². The van der Waals surface area contributed by atoms with Crippen LogP contribution in [0.15, 0.2) is 0 Å². The van der Waals surface area contributed by atoms with E-state index in [9.17, 15) is 9.59 Å². The number of aliphatic carboxylic acids is 1. The Balaban J connectivity index is 2.43. The maximum absolute atomic E-state index is 11.8. The first-order valence-corrected chi connectivity index (χ1v) is 6.98. The van der Waals surface area contributed by atoms with Gasteiger partial charge >= 0.3 is 5.97 Å². The molecule has 1 fully saturated rings. The van der Waals surface area contributed by atoms with Crippen LogP contribution in [0.1, 0.15) is 26.2 Å². The van der Waals surface area contributed by atoms with Crippen LogP contribution in [0.3, 0.4) is 0 Å². The largest absolute Gasteiger partial charge is 0.481 e. The number of carboxylic acids is 1. The number of hydrogen-bond acceptors (Lipinski definition) is 3. The molecule has 4 nitrogen and oxygen atoms in total. The van der Waals surface area contributed by atoms with Gasteiger partial charge in [-0.05, 0) is 31.8 Å². The summed E-state index contributed by atoms with van der Waals surface area (Å²) >= 11 is 1.73. The molecule has 1 N–H and O–H groups in total. The van der Waals surface area contributed by atoms with E-state index >= 15 is 0 Å². The van der Waals surface area contributed by atoms with Gasteiger partial charge < -0.3 is 10.0 Å². The first-order chi connectivity index (χ1) is 7.57. The Morgan fingerprint density at radius 3 is 2.69 bits per heavy atom. The van der Waals surface area contributed by atoms with Gasteiger partial charge in [0.25, 0.3) is 0 Å². The van der Waals surface area contributed by atoms with Gasteiger partial charge in [0.15, 0.2) is 0 Å². The second kappa shape index (κ2) is 6.13. The van der Waals surface area contributed by atoms with Crippen LogP contribution in [0.2, 0.25) is 0 Å². The van der Waals surface area contributed by atoms with E-state index in [2.05, 4.69) is 0 Å². The van der Waals surface area contributed by atoms with Gasteiger partial charge in [0.1, 0.15) is 0 Å². The number of rotatable bonds is 5. The number of carboxylic acid groups (broad SMARTS) is 1. The number of hydrogen-bond donors (Lipinski definition) is 1. The number of amides is 1. The summed E-state index contributed by atoms with van der Waals surface area (Å²) in [5.41, 5.74) is 0. The van der Waals surface area contributed by atoms with Crippen molar-refractivity contribution in [3.8, 4) is 0 Å². The Hall–Kier alpha value is -0.710. The first-order valence-electron chi connectivity index (χ1n) is 5.59. The summed E-state index contributed by atoms with van der Waals surface area (Å²) in [5.74, 6) is -0.0854. The van der Waals surface area contributed by atoms with Crippen LogP contribution in [-0.4, -0.2) is 46.5 Å². The maximum Gasteiger partial charge on any atom is 0.308 e. The third kappa shape index (κ3) is 3.14. The summed E-state index contributed by atoms with van der Waals surface area (Å²) in [5, 5.41) is 8.96. The van der Waals surface area contributed by atoms with Gasteiger partial charge in [-0.15, -0.1) is 0 Å². The molecule has 2 unspecified atom stereocenters. The normalized spacial score (nSPS) is 24.8. The van der Waals surface area contributed by atoms with Gasteiger partial charge in [0, 0.05) is 19.0 Å². The molecule has 16 heavy (non-hydrogen) atoms. The zero-order valence-electron chi connectivity index (χ0n) is 9.81. The van der Waals surface area contributed by atoms with Crippen molar-refractivity contribution in [2.45, 2.75) is 32.2 Å². The van der Waals surface area contributed by atoms with Crippen LogP contribution in [0.4, 0.5) is 0 Å². The highest BCUT2D eigenvalue weighted by molar-refractivity contribution is 7.98. The van der Waals surface area contributed by atoms with Crippen LogP contribution < -0.4 is 0 Å². The summed E-state index contributed by atoms with van der Waals surface area (Å²) in [4.78, 5) is 24.4. The molecule has 1 aliphatic heterocycles. The molecule has 2 atom stereocenters. The molecule has 0 spiro atoms. The standard InChI is InChI=1S/C11H19NO3S/c1-8-9(11(14)15)5-6-12(8)10(13)4-3-7-16-2/h8-9H,3-7H2,1-2H3,(H,14,15). The summed E-state index contributed by atoms with van der Waals surface area (Å²) in [6, 6.07) is -0.153. The molecular weight excluding hydrogens is 226 g/mol. The third-order valence-corrected chi connectivity index (χ3v) is 3.83. The fourth-order valence-corrected chi connectivity index (χ4v) is 2.57. The number of carbonyl (C=O) groups excluding carboxylic acids is 1. The van der Waals surface area contributed by atoms with E-state index in [1.165, 1.54) is 0 Å². The highest BCUT2D eigenvalue weighted by atomic mass is 32.2. The van der Waals surface area contributed by atoms with Gasteiger partial charge in [-0.2, -0.15) is 11.8 Å². The van der Waals surface area contributed by atoms with Crippen LogP contribution >= 0.6 is 11.8 Å². The lowest BCUT2D eigenvalue weighted by Crippen LogP contribution is -2.37. The molecule has 1 amide bonds. The SMILES string of the molecule is CSCCCC(=O)N1CCC(C(=O)O)C1C. The third-order valence-electron chi connectivity index (χ3n) is 3.13. The predicted molar refractivity (Wildman–Crippen MR) is 64.5 cm³/mol. The molecule has 0 saturated carbocycles. The second-order valence-corrected chi connectivity index (χ2v) is 5.14. The van der Waals surface area contributed by atoms with Crippen molar-refractivity contribution >= 4 is 23.6 Å². The zero-order chi connectivity index (χ0) is 12.1. The lowest BCUT2D eigenvalue weighted by molar-refractivity contribution is -0.143. The first kappa shape index (κ1) is 13.4. The molecule has 0 aromatic heterocycles. The van der Waals surface area contributed by atoms with Crippen molar-refractivity contribution in [2.75, 3.05) is 18.6 Å². The van der Waals surface area contributed by atoms with E-state index in [1.807, 2.05) is 13.2 Å². The fourth-order valence-electron chi connectivity index (χ4n) is 2.13. The quantitative estimate of drug-likeness (QED) is 0.745. The van der Waals surface area contributed by atoms with Gasteiger partial charge in [-0.3, -0.25) is 9.59 Å². The molecule has 1 saturated heterocycles. The summed E-state index contributed by atoms with van der Waals surface area (Å²) in [6.45, 7) is 2.43. The predicted octanol–water partition coefficient (Wildman–Crippen LogP) is 1.45. The molecule has 1 heterocycles. The monoisotopic (exact) mass is 245 g/mol. The van der Waals surface area contributed by atoms with Crippen LogP contribution in [-0.2, 0) is 9.59 Å². The summed E-state index contributed by atoms with van der Waals surface area (Å²) < 4.78 is 0. The molecule has 1 rings (SSSR count). The van der Waals surface area contributed by atoms with Crippen molar-refractivity contribution in [3.05, 3.63) is 0 Å². The van der Waals surface area contributed by atoms with Gasteiger partial charge in [-0.1, -0.05) is 0 Å². The van der Waals surface area contributed by atoms with Crippen LogP contribution in [0.25, 0.3) is 0 Å². The van der Waals surface area contributed by atoms with Crippen molar-refractivity contribution in [1.82, 2.24) is 4.90 Å². The van der Waals surface area contributed by atoms with E-state index in [0.717, 1.165) is 12.2 Å². The average Bonchev–Trinajstić information content (AvgIpc) is 2.60. The van der Waals surface area contributed by atoms with E-state index in [0.29, 0.717) is 19.4 Å². The number of carbonyl (C=O) groups is 2. The smallest absolute Gasteiger partial charge is 0.308 e. The van der Waals surface area contributed by atoms with Crippen molar-refractivity contribution in [2.24, 2.45) is 5.92 Å². The average molecular weight is 245 g/mol. The molecule has 0 bridgehead atoms. The van der Waals surface area contributed by atoms with E-state index < -0.39 is 5.97 Å². The fraction of sp³-hybridized carbons (Fsp3) is 0.818. The highest BCUT2D eigenvalue weighted by Gasteiger charge is 2.37. The van der Waals surface area contributed by atoms with Crippen molar-refractivity contribution in [1.29, 1.82) is 0 Å². The van der Waals surface area contributed by atoms with Crippen LogP contribution in [0, 0.1) is 5.92 Å². The lowest BCUT2D eigenvalue weighted by atomic mass is 10.0. The summed E-state index contributed by atoms with van der Waals surface area (Å²) in [7, 11) is 0. The Kier molecular flexibility index (Phi) is 5.12. The molecule has 0 aromatic rings. The minimum atomic E-state index is -0.785. The molecule has 0 aromatic carbocycles. The number of nitrogens with zero attached hydrogens (tertiary/aromatic N) is 1. The molecular formula is C11H19NO3S. The second-order valence-electron chi connectivity index (χ2n) is 4.16. The van der Waals surface area contributed by atoms with Crippen LogP contribution in [0.5, 0.6) is 0 Å². The number of thioether (sulfide) groups is 1. The van der Waals surface area contributed by atoms with E-state index in [4.69, 9.17) is 5.11 Å². The zero-order valence-corrected chi connectivity index (χ0v) is 10.6. The van der Waals surface area contributed by atoms with Crippen molar-refractivity contribution in [3.63, 3.8) is 0 Å². The molecule has 0 aliphatic carbocycles. The van der Waals surface area contributed by atoms with E-state index in [-0.39, 0.29) is 17.9 Å². The van der Waals surface area contributed by atoms with E-state index in [1.54, 1.807) is 16.7 Å². The Morgan fingerprint density at radius 1 is 1.50 bits per heavy atom. The molecule has 0 radical (unpaired) electrons. The Morgan fingerprint density at radius 2 is 2.19 bits per heavy atom. The highest BCUT2D eigenvalue weighted by Crippen LogP contribution is 2.25. The molecule has 92 valence electrons. The number of likely N-dealkylation sites (tertiary alicyclic amines) is 1. The molecule has 5 heteroatoms. The van der Waals surface area contributed by atoms with Gasteiger partial charge in [-0.25, -0.2) is 0 Å². The maximum atomic E-state index is 11.8.